The van der Waals surface area contributed by atoms with E-state index < -0.39 is 0 Å². The van der Waals surface area contributed by atoms with Gasteiger partial charge in [-0.05, 0) is 36.8 Å². The molecule has 0 aliphatic heterocycles. The van der Waals surface area contributed by atoms with Crippen LogP contribution in [0.25, 0.3) is 0 Å². The molecule has 1 aromatic rings. The third-order valence-electron chi connectivity index (χ3n) is 3.59. The van der Waals surface area contributed by atoms with Crippen molar-refractivity contribution in [3.63, 3.8) is 0 Å². The van der Waals surface area contributed by atoms with E-state index >= 15 is 0 Å². The van der Waals surface area contributed by atoms with Crippen LogP contribution in [0.15, 0.2) is 4.34 Å². The first-order chi connectivity index (χ1) is 8.83. The van der Waals surface area contributed by atoms with E-state index in [0.29, 0.717) is 6.04 Å². The molecule has 0 bridgehead atoms. The van der Waals surface area contributed by atoms with E-state index in [0.717, 1.165) is 34.8 Å². The molecule has 0 amide bonds. The molecule has 0 saturated heterocycles. The predicted octanol–water partition coefficient (Wildman–Crippen LogP) is 3.36. The van der Waals surface area contributed by atoms with Crippen LogP contribution in [0.5, 0.6) is 0 Å². The van der Waals surface area contributed by atoms with Crippen LogP contribution in [0.4, 0.5) is 0 Å². The van der Waals surface area contributed by atoms with Crippen LogP contribution in [0.3, 0.4) is 0 Å². The molecule has 1 saturated carbocycles. The zero-order chi connectivity index (χ0) is 12.8. The molecular formula is C13H23N3S2. The predicted molar refractivity (Wildman–Crippen MR) is 79.4 cm³/mol. The van der Waals surface area contributed by atoms with E-state index in [1.807, 2.05) is 11.8 Å². The van der Waals surface area contributed by atoms with Crippen molar-refractivity contribution in [1.82, 2.24) is 14.7 Å². The lowest BCUT2D eigenvalue weighted by atomic mass is 10.00. The molecule has 1 aliphatic carbocycles. The van der Waals surface area contributed by atoms with Crippen LogP contribution >= 0.6 is 23.3 Å². The summed E-state index contributed by atoms with van der Waals surface area (Å²) in [7, 11) is 0. The Morgan fingerprint density at radius 2 is 2.17 bits per heavy atom. The molecule has 1 aromatic heterocycles. The molecule has 5 heteroatoms. The van der Waals surface area contributed by atoms with Gasteiger partial charge in [-0.25, -0.2) is 4.98 Å². The van der Waals surface area contributed by atoms with Crippen LogP contribution in [-0.2, 0) is 6.42 Å². The Hall–Kier alpha value is -0.130. The monoisotopic (exact) mass is 285 g/mol. The third kappa shape index (κ3) is 3.93. The van der Waals surface area contributed by atoms with E-state index in [2.05, 4.69) is 28.5 Å². The van der Waals surface area contributed by atoms with Crippen molar-refractivity contribution in [2.45, 2.75) is 56.3 Å². The summed E-state index contributed by atoms with van der Waals surface area (Å²) >= 11 is 3.42. The summed E-state index contributed by atoms with van der Waals surface area (Å²) in [5.74, 6) is 3.00. The summed E-state index contributed by atoms with van der Waals surface area (Å²) in [6, 6.07) is 0.650. The van der Waals surface area contributed by atoms with Crippen LogP contribution in [0, 0.1) is 5.92 Å². The maximum atomic E-state index is 4.53. The Bertz CT molecular complexity index is 348. The van der Waals surface area contributed by atoms with Gasteiger partial charge in [0.1, 0.15) is 5.82 Å². The minimum atomic E-state index is 0.650. The van der Waals surface area contributed by atoms with E-state index in [1.165, 1.54) is 25.7 Å². The number of nitrogens with zero attached hydrogens (tertiary/aromatic N) is 2. The number of aromatic nitrogens is 2. The van der Waals surface area contributed by atoms with Crippen molar-refractivity contribution in [2.24, 2.45) is 5.92 Å². The molecule has 3 nitrogen and oxygen atoms in total. The first kappa shape index (κ1) is 14.3. The lowest BCUT2D eigenvalue weighted by molar-refractivity contribution is 0.394. The highest BCUT2D eigenvalue weighted by molar-refractivity contribution is 8.00. The van der Waals surface area contributed by atoms with E-state index in [4.69, 9.17) is 0 Å². The fraction of sp³-hybridized carbons (Fsp3) is 0.846. The number of hydrogen-bond acceptors (Lipinski definition) is 5. The molecule has 2 rings (SSSR count). The van der Waals surface area contributed by atoms with Crippen LogP contribution < -0.4 is 5.32 Å². The first-order valence-electron chi connectivity index (χ1n) is 7.02. The smallest absolute Gasteiger partial charge is 0.170 e. The Kier molecular flexibility index (Phi) is 5.92. The van der Waals surface area contributed by atoms with E-state index in [1.54, 1.807) is 11.5 Å². The van der Waals surface area contributed by atoms with Crippen molar-refractivity contribution < 1.29 is 0 Å². The Labute approximate surface area is 118 Å². The van der Waals surface area contributed by atoms with Crippen molar-refractivity contribution in [2.75, 3.05) is 12.3 Å². The number of rotatable bonds is 7. The second-order valence-corrected chi connectivity index (χ2v) is 6.87. The maximum absolute atomic E-state index is 4.53. The van der Waals surface area contributed by atoms with Gasteiger partial charge in [0, 0.05) is 18.2 Å². The second kappa shape index (κ2) is 7.46. The average Bonchev–Trinajstić information content (AvgIpc) is 3.05. The van der Waals surface area contributed by atoms with Crippen LogP contribution in [0.2, 0.25) is 0 Å². The Balaban J connectivity index is 1.84. The fourth-order valence-corrected chi connectivity index (χ4v) is 4.49. The third-order valence-corrected chi connectivity index (χ3v) is 5.58. The van der Waals surface area contributed by atoms with Crippen molar-refractivity contribution >= 4 is 23.3 Å². The summed E-state index contributed by atoms with van der Waals surface area (Å²) in [5.41, 5.74) is 0. The first-order valence-corrected chi connectivity index (χ1v) is 8.78. The molecule has 1 heterocycles. The SMILES string of the molecule is CCNC(CSc1nc(CC)ns1)C1CCCC1. The highest BCUT2D eigenvalue weighted by Crippen LogP contribution is 2.31. The number of hydrogen-bond donors (Lipinski definition) is 1. The lowest BCUT2D eigenvalue weighted by Gasteiger charge is -2.23. The maximum Gasteiger partial charge on any atom is 0.170 e. The summed E-state index contributed by atoms with van der Waals surface area (Å²) in [6.45, 7) is 5.38. The van der Waals surface area contributed by atoms with E-state index in [-0.39, 0.29) is 0 Å². The normalized spacial score (nSPS) is 18.3. The van der Waals surface area contributed by atoms with Crippen molar-refractivity contribution in [3.05, 3.63) is 5.82 Å². The molecule has 1 N–H and O–H groups in total. The van der Waals surface area contributed by atoms with E-state index in [9.17, 15) is 0 Å². The average molecular weight is 285 g/mol. The van der Waals surface area contributed by atoms with Gasteiger partial charge in [-0.1, -0.05) is 38.5 Å². The largest absolute Gasteiger partial charge is 0.313 e. The van der Waals surface area contributed by atoms with Crippen LogP contribution in [0.1, 0.15) is 45.4 Å². The van der Waals surface area contributed by atoms with Gasteiger partial charge >= 0.3 is 0 Å². The highest BCUT2D eigenvalue weighted by atomic mass is 32.2. The topological polar surface area (TPSA) is 37.8 Å². The molecule has 1 unspecified atom stereocenters. The molecule has 18 heavy (non-hydrogen) atoms. The Morgan fingerprint density at radius 3 is 2.78 bits per heavy atom. The zero-order valence-electron chi connectivity index (χ0n) is 11.3. The molecule has 0 spiro atoms. The van der Waals surface area contributed by atoms with Gasteiger partial charge in [0.2, 0.25) is 0 Å². The molecule has 0 aromatic carbocycles. The van der Waals surface area contributed by atoms with Crippen molar-refractivity contribution in [3.8, 4) is 0 Å². The second-order valence-electron chi connectivity index (χ2n) is 4.85. The van der Waals surface area contributed by atoms with Gasteiger partial charge in [-0.2, -0.15) is 4.37 Å². The summed E-state index contributed by atoms with van der Waals surface area (Å²) in [6.07, 6.45) is 6.56. The molecule has 1 atom stereocenters. The number of nitrogens with one attached hydrogen (secondary N) is 1. The molecule has 1 fully saturated rings. The standard InChI is InChI=1S/C13H23N3S2/c1-3-12-15-13(18-16-12)17-9-11(14-4-2)10-7-5-6-8-10/h10-11,14H,3-9H2,1-2H3. The fourth-order valence-electron chi connectivity index (χ4n) is 2.58. The molecular weight excluding hydrogens is 262 g/mol. The molecule has 102 valence electrons. The zero-order valence-corrected chi connectivity index (χ0v) is 12.9. The van der Waals surface area contributed by atoms with Gasteiger partial charge in [-0.15, -0.1) is 0 Å². The Morgan fingerprint density at radius 1 is 1.39 bits per heavy atom. The van der Waals surface area contributed by atoms with Gasteiger partial charge in [0.05, 0.1) is 0 Å². The summed E-state index contributed by atoms with van der Waals surface area (Å²) in [4.78, 5) is 4.53. The van der Waals surface area contributed by atoms with Crippen molar-refractivity contribution in [1.29, 1.82) is 0 Å². The van der Waals surface area contributed by atoms with Crippen LogP contribution in [-0.4, -0.2) is 27.7 Å². The van der Waals surface area contributed by atoms with Gasteiger partial charge in [0.25, 0.3) is 0 Å². The number of aryl methyl sites for hydroxylation is 1. The van der Waals surface area contributed by atoms with Gasteiger partial charge in [-0.3, -0.25) is 0 Å². The minimum Gasteiger partial charge on any atom is -0.313 e. The lowest BCUT2D eigenvalue weighted by Crippen LogP contribution is -2.37. The van der Waals surface area contributed by atoms with Gasteiger partial charge < -0.3 is 5.32 Å². The molecule has 1 aliphatic rings. The number of thioether (sulfide) groups is 1. The van der Waals surface area contributed by atoms with Gasteiger partial charge in [0.15, 0.2) is 4.34 Å². The summed E-state index contributed by atoms with van der Waals surface area (Å²) < 4.78 is 5.48. The quantitative estimate of drug-likeness (QED) is 0.780. The summed E-state index contributed by atoms with van der Waals surface area (Å²) in [5, 5.41) is 3.65. The highest BCUT2D eigenvalue weighted by Gasteiger charge is 2.24. The minimum absolute atomic E-state index is 0.650. The molecule has 0 radical (unpaired) electrons.